The van der Waals surface area contributed by atoms with Crippen LogP contribution >= 0.6 is 15.9 Å². The van der Waals surface area contributed by atoms with Crippen LogP contribution < -0.4 is 0 Å². The summed E-state index contributed by atoms with van der Waals surface area (Å²) in [5.74, 6) is 0. The molecule has 0 saturated heterocycles. The number of rotatable bonds is 3. The molecule has 1 heterocycles. The van der Waals surface area contributed by atoms with E-state index < -0.39 is 0 Å². The van der Waals surface area contributed by atoms with E-state index in [9.17, 15) is 0 Å². The van der Waals surface area contributed by atoms with Gasteiger partial charge in [-0.05, 0) is 34.1 Å². The molecular formula is C10H10BrNO. The Labute approximate surface area is 85.8 Å². The van der Waals surface area contributed by atoms with Crippen LogP contribution in [0.3, 0.4) is 0 Å². The molecule has 0 amide bonds. The average Bonchev–Trinajstić information content (AvgIpc) is 2.13. The lowest BCUT2D eigenvalue weighted by molar-refractivity contribution is 0.343. The topological polar surface area (TPSA) is 33.1 Å². The smallest absolute Gasteiger partial charge is 0.106 e. The third-order valence-corrected chi connectivity index (χ3v) is 1.80. The summed E-state index contributed by atoms with van der Waals surface area (Å²) in [6.07, 6.45) is 7.15. The molecule has 1 rings (SSSR count). The molecule has 2 nitrogen and oxygen atoms in total. The number of aliphatic hydroxyl groups is 1. The van der Waals surface area contributed by atoms with Gasteiger partial charge >= 0.3 is 0 Å². The summed E-state index contributed by atoms with van der Waals surface area (Å²) < 4.78 is 0.820. The van der Waals surface area contributed by atoms with Crippen LogP contribution in [0.4, 0.5) is 0 Å². The van der Waals surface area contributed by atoms with Gasteiger partial charge in [-0.1, -0.05) is 24.3 Å². The SMILES string of the molecule is OCC=CC=Cc1cccc(Br)n1. The Morgan fingerprint density at radius 2 is 2.23 bits per heavy atom. The number of halogens is 1. The first-order valence-electron chi connectivity index (χ1n) is 3.89. The molecule has 1 N–H and O–H groups in total. The van der Waals surface area contributed by atoms with Gasteiger partial charge in [0.1, 0.15) is 4.60 Å². The first-order valence-corrected chi connectivity index (χ1v) is 4.69. The standard InChI is InChI=1S/C10H10BrNO/c11-10-7-4-6-9(12-10)5-2-1-3-8-13/h1-7,13H,8H2. The van der Waals surface area contributed by atoms with E-state index in [0.717, 1.165) is 10.3 Å². The minimum absolute atomic E-state index is 0.0657. The Bertz CT molecular complexity index is 320. The summed E-state index contributed by atoms with van der Waals surface area (Å²) >= 11 is 3.28. The summed E-state index contributed by atoms with van der Waals surface area (Å²) in [4.78, 5) is 4.20. The summed E-state index contributed by atoms with van der Waals surface area (Å²) in [6.45, 7) is 0.0657. The molecule has 0 aliphatic carbocycles. The van der Waals surface area contributed by atoms with E-state index in [1.165, 1.54) is 0 Å². The largest absolute Gasteiger partial charge is 0.392 e. The average molecular weight is 240 g/mol. The Morgan fingerprint density at radius 3 is 2.92 bits per heavy atom. The first kappa shape index (κ1) is 10.2. The van der Waals surface area contributed by atoms with Gasteiger partial charge in [0.15, 0.2) is 0 Å². The summed E-state index contributed by atoms with van der Waals surface area (Å²) in [5.41, 5.74) is 0.886. The normalized spacial score (nSPS) is 11.5. The van der Waals surface area contributed by atoms with E-state index in [-0.39, 0.29) is 6.61 Å². The maximum Gasteiger partial charge on any atom is 0.106 e. The minimum atomic E-state index is 0.0657. The lowest BCUT2D eigenvalue weighted by Crippen LogP contribution is -1.79. The molecule has 1 aromatic heterocycles. The highest BCUT2D eigenvalue weighted by Crippen LogP contribution is 2.07. The van der Waals surface area contributed by atoms with E-state index in [2.05, 4.69) is 20.9 Å². The van der Waals surface area contributed by atoms with Gasteiger partial charge in [-0.2, -0.15) is 0 Å². The molecule has 0 fully saturated rings. The predicted octanol–water partition coefficient (Wildman–Crippen LogP) is 2.41. The van der Waals surface area contributed by atoms with Crippen molar-refractivity contribution in [3.8, 4) is 0 Å². The van der Waals surface area contributed by atoms with Crippen LogP contribution in [0.1, 0.15) is 5.69 Å². The molecule has 68 valence electrons. The quantitative estimate of drug-likeness (QED) is 0.650. The van der Waals surface area contributed by atoms with Crippen LogP contribution in [0.2, 0.25) is 0 Å². The summed E-state index contributed by atoms with van der Waals surface area (Å²) in [5, 5.41) is 8.46. The highest BCUT2D eigenvalue weighted by molar-refractivity contribution is 9.10. The molecule has 1 aromatic rings. The van der Waals surface area contributed by atoms with Crippen molar-refractivity contribution in [2.24, 2.45) is 0 Å². The lowest BCUT2D eigenvalue weighted by atomic mass is 10.3. The third-order valence-electron chi connectivity index (χ3n) is 1.36. The lowest BCUT2D eigenvalue weighted by Gasteiger charge is -1.91. The molecule has 0 aliphatic rings. The van der Waals surface area contributed by atoms with Crippen molar-refractivity contribution in [2.75, 3.05) is 6.61 Å². The van der Waals surface area contributed by atoms with Crippen molar-refractivity contribution in [2.45, 2.75) is 0 Å². The van der Waals surface area contributed by atoms with E-state index in [1.807, 2.05) is 30.4 Å². The van der Waals surface area contributed by atoms with Crippen molar-refractivity contribution < 1.29 is 5.11 Å². The van der Waals surface area contributed by atoms with Gasteiger partial charge in [-0.25, -0.2) is 4.98 Å². The zero-order valence-electron chi connectivity index (χ0n) is 7.02. The molecule has 0 radical (unpaired) electrons. The fourth-order valence-corrected chi connectivity index (χ4v) is 1.17. The zero-order valence-corrected chi connectivity index (χ0v) is 8.61. The van der Waals surface area contributed by atoms with Crippen LogP contribution in [-0.2, 0) is 0 Å². The fraction of sp³-hybridized carbons (Fsp3) is 0.100. The van der Waals surface area contributed by atoms with Crippen LogP contribution in [0, 0.1) is 0 Å². The maximum atomic E-state index is 8.46. The van der Waals surface area contributed by atoms with Crippen LogP contribution in [0.25, 0.3) is 6.08 Å². The van der Waals surface area contributed by atoms with Gasteiger partial charge in [-0.15, -0.1) is 0 Å². The van der Waals surface area contributed by atoms with Gasteiger partial charge in [0.25, 0.3) is 0 Å². The zero-order chi connectivity index (χ0) is 9.52. The molecule has 0 bridgehead atoms. The molecule has 0 aromatic carbocycles. The van der Waals surface area contributed by atoms with Gasteiger partial charge in [0, 0.05) is 0 Å². The van der Waals surface area contributed by atoms with Crippen LogP contribution in [0.15, 0.2) is 41.0 Å². The second kappa shape index (κ2) is 5.67. The summed E-state index contributed by atoms with van der Waals surface area (Å²) in [6, 6.07) is 5.71. The monoisotopic (exact) mass is 239 g/mol. The number of aliphatic hydroxyl groups excluding tert-OH is 1. The Balaban J connectivity index is 2.63. The molecule has 0 aliphatic heterocycles. The molecule has 0 unspecified atom stereocenters. The highest BCUT2D eigenvalue weighted by atomic mass is 79.9. The van der Waals surface area contributed by atoms with E-state index in [1.54, 1.807) is 12.2 Å². The molecule has 0 spiro atoms. The Hall–Kier alpha value is -0.930. The van der Waals surface area contributed by atoms with Crippen LogP contribution in [0.5, 0.6) is 0 Å². The van der Waals surface area contributed by atoms with E-state index >= 15 is 0 Å². The number of allylic oxidation sites excluding steroid dienone is 2. The van der Waals surface area contributed by atoms with Crippen molar-refractivity contribution in [1.82, 2.24) is 4.98 Å². The van der Waals surface area contributed by atoms with E-state index in [0.29, 0.717) is 0 Å². The fourth-order valence-electron chi connectivity index (χ4n) is 0.810. The predicted molar refractivity (Wildman–Crippen MR) is 57.2 cm³/mol. The van der Waals surface area contributed by atoms with Gasteiger partial charge in [-0.3, -0.25) is 0 Å². The Kier molecular flexibility index (Phi) is 4.43. The highest BCUT2D eigenvalue weighted by Gasteiger charge is 1.87. The van der Waals surface area contributed by atoms with Gasteiger partial charge in [0.2, 0.25) is 0 Å². The molecular weight excluding hydrogens is 230 g/mol. The summed E-state index contributed by atoms with van der Waals surface area (Å²) in [7, 11) is 0. The van der Waals surface area contributed by atoms with Gasteiger partial charge < -0.3 is 5.11 Å². The van der Waals surface area contributed by atoms with Gasteiger partial charge in [0.05, 0.1) is 12.3 Å². The van der Waals surface area contributed by atoms with Crippen molar-refractivity contribution in [3.63, 3.8) is 0 Å². The number of nitrogens with zero attached hydrogens (tertiary/aromatic N) is 1. The van der Waals surface area contributed by atoms with E-state index in [4.69, 9.17) is 5.11 Å². The maximum absolute atomic E-state index is 8.46. The molecule has 3 heteroatoms. The number of aromatic nitrogens is 1. The van der Waals surface area contributed by atoms with Crippen LogP contribution in [-0.4, -0.2) is 16.7 Å². The number of hydrogen-bond acceptors (Lipinski definition) is 2. The van der Waals surface area contributed by atoms with Crippen molar-refractivity contribution >= 4 is 22.0 Å². The third kappa shape index (κ3) is 4.01. The molecule has 0 saturated carbocycles. The molecule has 0 atom stereocenters. The number of pyridine rings is 1. The second-order valence-electron chi connectivity index (χ2n) is 2.36. The Morgan fingerprint density at radius 1 is 1.38 bits per heavy atom. The van der Waals surface area contributed by atoms with Crippen molar-refractivity contribution in [3.05, 3.63) is 46.7 Å². The molecule has 13 heavy (non-hydrogen) atoms. The minimum Gasteiger partial charge on any atom is -0.392 e. The van der Waals surface area contributed by atoms with Crippen molar-refractivity contribution in [1.29, 1.82) is 0 Å². The second-order valence-corrected chi connectivity index (χ2v) is 3.17. The number of hydrogen-bond donors (Lipinski definition) is 1. The first-order chi connectivity index (χ1) is 6.33.